The van der Waals surface area contributed by atoms with Crippen LogP contribution >= 0.6 is 0 Å². The van der Waals surface area contributed by atoms with Gasteiger partial charge in [-0.1, -0.05) is 38.8 Å². The second-order valence-corrected chi connectivity index (χ2v) is 6.29. The number of rotatable bonds is 14. The van der Waals surface area contributed by atoms with E-state index in [1.165, 1.54) is 50.8 Å². The second kappa shape index (κ2) is 13.4. The van der Waals surface area contributed by atoms with Crippen LogP contribution in [0.1, 0.15) is 57.9 Å². The summed E-state index contributed by atoms with van der Waals surface area (Å²) in [5.74, 6) is 0.985. The number of hydrogen-bond donors (Lipinski definition) is 1. The summed E-state index contributed by atoms with van der Waals surface area (Å²) in [6.07, 6.45) is 8.45. The first-order valence-electron chi connectivity index (χ1n) is 9.44. The molecule has 0 atom stereocenters. The second-order valence-electron chi connectivity index (χ2n) is 6.29. The Labute approximate surface area is 143 Å². The average molecular weight is 321 g/mol. The number of ether oxygens (including phenoxy) is 1. The topological polar surface area (TPSA) is 38.5 Å². The minimum atomic E-state index is 0.778. The Balaban J connectivity index is 2.29. The fourth-order valence-electron chi connectivity index (χ4n) is 2.62. The van der Waals surface area contributed by atoms with Gasteiger partial charge >= 0.3 is 0 Å². The summed E-state index contributed by atoms with van der Waals surface area (Å²) >= 11 is 0. The summed E-state index contributed by atoms with van der Waals surface area (Å²) in [5.41, 5.74) is 6.91. The molecule has 1 aromatic rings. The van der Waals surface area contributed by atoms with Crippen LogP contribution in [0.15, 0.2) is 24.3 Å². The van der Waals surface area contributed by atoms with E-state index in [1.807, 2.05) is 0 Å². The molecule has 23 heavy (non-hydrogen) atoms. The van der Waals surface area contributed by atoms with Crippen molar-refractivity contribution in [1.29, 1.82) is 0 Å². The van der Waals surface area contributed by atoms with Crippen molar-refractivity contribution in [3.8, 4) is 5.75 Å². The lowest BCUT2D eigenvalue weighted by atomic mass is 10.1. The highest BCUT2D eigenvalue weighted by Crippen LogP contribution is 2.14. The van der Waals surface area contributed by atoms with Gasteiger partial charge in [-0.3, -0.25) is 4.90 Å². The summed E-state index contributed by atoms with van der Waals surface area (Å²) in [6.45, 7) is 9.49. The number of unbranched alkanes of at least 4 members (excludes halogenated alkanes) is 3. The molecular weight excluding hydrogens is 284 g/mol. The Morgan fingerprint density at radius 2 is 1.52 bits per heavy atom. The maximum absolute atomic E-state index is 5.92. The van der Waals surface area contributed by atoms with Crippen molar-refractivity contribution < 1.29 is 4.74 Å². The fourth-order valence-corrected chi connectivity index (χ4v) is 2.62. The minimum Gasteiger partial charge on any atom is -0.492 e. The van der Waals surface area contributed by atoms with Gasteiger partial charge in [0.1, 0.15) is 12.4 Å². The van der Waals surface area contributed by atoms with Crippen molar-refractivity contribution in [3.63, 3.8) is 0 Å². The van der Waals surface area contributed by atoms with E-state index >= 15 is 0 Å². The molecule has 0 amide bonds. The molecule has 0 aliphatic rings. The lowest BCUT2D eigenvalue weighted by Gasteiger charge is -2.22. The molecule has 0 fully saturated rings. The van der Waals surface area contributed by atoms with Gasteiger partial charge in [0, 0.05) is 6.54 Å². The number of nitrogens with zero attached hydrogens (tertiary/aromatic N) is 1. The molecule has 0 saturated carbocycles. The van der Waals surface area contributed by atoms with Crippen molar-refractivity contribution in [2.24, 2.45) is 5.73 Å². The Morgan fingerprint density at radius 3 is 2.09 bits per heavy atom. The van der Waals surface area contributed by atoms with E-state index in [-0.39, 0.29) is 0 Å². The van der Waals surface area contributed by atoms with Crippen molar-refractivity contribution in [1.82, 2.24) is 4.90 Å². The lowest BCUT2D eigenvalue weighted by molar-refractivity contribution is 0.204. The van der Waals surface area contributed by atoms with E-state index in [4.69, 9.17) is 10.5 Å². The largest absolute Gasteiger partial charge is 0.492 e. The molecule has 132 valence electrons. The first-order valence-corrected chi connectivity index (χ1v) is 9.44. The quantitative estimate of drug-likeness (QED) is 0.521. The molecule has 1 rings (SSSR count). The van der Waals surface area contributed by atoms with Gasteiger partial charge in [0.05, 0.1) is 0 Å². The number of hydrogen-bond acceptors (Lipinski definition) is 3. The van der Waals surface area contributed by atoms with E-state index < -0.39 is 0 Å². The molecule has 0 unspecified atom stereocenters. The van der Waals surface area contributed by atoms with Crippen LogP contribution in [0.4, 0.5) is 0 Å². The molecule has 3 heteroatoms. The summed E-state index contributed by atoms with van der Waals surface area (Å²) in [7, 11) is 0. The number of aryl methyl sites for hydroxylation is 1. The van der Waals surface area contributed by atoms with Crippen molar-refractivity contribution in [2.75, 3.05) is 32.8 Å². The molecule has 0 spiro atoms. The maximum atomic E-state index is 5.92. The van der Waals surface area contributed by atoms with Crippen LogP contribution in [0.3, 0.4) is 0 Å². The summed E-state index contributed by atoms with van der Waals surface area (Å²) in [5, 5.41) is 0. The highest BCUT2D eigenvalue weighted by Gasteiger charge is 2.04. The number of nitrogens with two attached hydrogens (primary N) is 1. The van der Waals surface area contributed by atoms with E-state index in [0.717, 1.165) is 38.3 Å². The monoisotopic (exact) mass is 320 g/mol. The Bertz CT molecular complexity index is 370. The van der Waals surface area contributed by atoms with Crippen LogP contribution in [0.2, 0.25) is 0 Å². The Hall–Kier alpha value is -1.06. The maximum Gasteiger partial charge on any atom is 0.119 e. The van der Waals surface area contributed by atoms with Crippen molar-refractivity contribution >= 4 is 0 Å². The van der Waals surface area contributed by atoms with Gasteiger partial charge in [-0.15, -0.1) is 0 Å². The molecule has 0 heterocycles. The first-order chi connectivity index (χ1) is 11.3. The summed E-state index contributed by atoms with van der Waals surface area (Å²) in [6, 6.07) is 8.55. The Morgan fingerprint density at radius 1 is 0.870 bits per heavy atom. The molecule has 0 bridgehead atoms. The van der Waals surface area contributed by atoms with Crippen LogP contribution in [0.25, 0.3) is 0 Å². The molecule has 0 radical (unpaired) electrons. The SMILES string of the molecule is CCCCN(CCCC)CCOc1ccc(CCCCN)cc1. The van der Waals surface area contributed by atoms with Gasteiger partial charge < -0.3 is 10.5 Å². The highest BCUT2D eigenvalue weighted by atomic mass is 16.5. The van der Waals surface area contributed by atoms with E-state index in [1.54, 1.807) is 0 Å². The molecule has 0 aliphatic carbocycles. The van der Waals surface area contributed by atoms with Crippen molar-refractivity contribution in [3.05, 3.63) is 29.8 Å². The van der Waals surface area contributed by atoms with Gasteiger partial charge in [-0.05, 0) is 69.4 Å². The zero-order valence-corrected chi connectivity index (χ0v) is 15.2. The van der Waals surface area contributed by atoms with Crippen LogP contribution in [-0.4, -0.2) is 37.7 Å². The smallest absolute Gasteiger partial charge is 0.119 e. The summed E-state index contributed by atoms with van der Waals surface area (Å²) < 4.78 is 5.92. The minimum absolute atomic E-state index is 0.778. The van der Waals surface area contributed by atoms with Crippen LogP contribution < -0.4 is 10.5 Å². The van der Waals surface area contributed by atoms with Crippen LogP contribution in [0.5, 0.6) is 5.75 Å². The lowest BCUT2D eigenvalue weighted by Crippen LogP contribution is -2.30. The zero-order chi connectivity index (χ0) is 16.8. The average Bonchev–Trinajstić information content (AvgIpc) is 2.58. The van der Waals surface area contributed by atoms with Gasteiger partial charge in [0.15, 0.2) is 0 Å². The predicted molar refractivity (Wildman–Crippen MR) is 100 cm³/mol. The van der Waals surface area contributed by atoms with Crippen molar-refractivity contribution in [2.45, 2.75) is 58.8 Å². The third-order valence-corrected chi connectivity index (χ3v) is 4.17. The molecule has 1 aromatic carbocycles. The van der Waals surface area contributed by atoms with E-state index in [0.29, 0.717) is 0 Å². The summed E-state index contributed by atoms with van der Waals surface area (Å²) in [4.78, 5) is 2.54. The molecule has 2 N–H and O–H groups in total. The van der Waals surface area contributed by atoms with Gasteiger partial charge in [-0.2, -0.15) is 0 Å². The van der Waals surface area contributed by atoms with Crippen LogP contribution in [-0.2, 0) is 6.42 Å². The van der Waals surface area contributed by atoms with Gasteiger partial charge in [0.25, 0.3) is 0 Å². The standard InChI is InChI=1S/C20H36N2O/c1-3-5-15-22(16-6-4-2)17-18-23-20-12-10-19(11-13-20)9-7-8-14-21/h10-13H,3-9,14-18,21H2,1-2H3. The molecule has 0 saturated heterocycles. The van der Waals surface area contributed by atoms with Gasteiger partial charge in [-0.25, -0.2) is 0 Å². The molecule has 3 nitrogen and oxygen atoms in total. The van der Waals surface area contributed by atoms with Gasteiger partial charge in [0.2, 0.25) is 0 Å². The third kappa shape index (κ3) is 9.62. The van der Waals surface area contributed by atoms with E-state index in [2.05, 4.69) is 43.0 Å². The molecule has 0 aliphatic heterocycles. The third-order valence-electron chi connectivity index (χ3n) is 4.17. The predicted octanol–water partition coefficient (Wildman–Crippen LogP) is 4.25. The molecule has 0 aromatic heterocycles. The number of benzene rings is 1. The first kappa shape index (κ1) is 20.0. The fraction of sp³-hybridized carbons (Fsp3) is 0.700. The van der Waals surface area contributed by atoms with E-state index in [9.17, 15) is 0 Å². The molecular formula is C20H36N2O. The highest BCUT2D eigenvalue weighted by molar-refractivity contribution is 5.27. The normalized spacial score (nSPS) is 11.1. The Kier molecular flexibility index (Phi) is 11.6. The van der Waals surface area contributed by atoms with Crippen LogP contribution in [0, 0.1) is 0 Å². The zero-order valence-electron chi connectivity index (χ0n) is 15.2.